The van der Waals surface area contributed by atoms with Gasteiger partial charge >= 0.3 is 0 Å². The first-order valence-corrected chi connectivity index (χ1v) is 16.8. The second-order valence-corrected chi connectivity index (χ2v) is 14.0. The lowest BCUT2D eigenvalue weighted by molar-refractivity contribution is -0.0400. The van der Waals surface area contributed by atoms with Gasteiger partial charge in [-0.2, -0.15) is 0 Å². The normalized spacial score (nSPS) is 25.0. The molecule has 0 unspecified atom stereocenters. The van der Waals surface area contributed by atoms with Crippen LogP contribution in [0.1, 0.15) is 43.2 Å². The van der Waals surface area contributed by atoms with E-state index in [9.17, 15) is 0 Å². The van der Waals surface area contributed by atoms with Gasteiger partial charge < -0.3 is 0 Å². The van der Waals surface area contributed by atoms with E-state index in [1.807, 2.05) is 42.6 Å². The molecular weight excluding hydrogens is 560 g/mol. The highest BCUT2D eigenvalue weighted by atomic mass is 15.0. The Morgan fingerprint density at radius 1 is 0.457 bits per heavy atom. The minimum atomic E-state index is 0.138. The maximum Gasteiger partial charge on any atom is 0.164 e. The Hall–Kier alpha value is -4.96. The third-order valence-corrected chi connectivity index (χ3v) is 11.6. The molecule has 0 aliphatic heterocycles. The number of rotatable bonds is 4. The molecule has 46 heavy (non-hydrogen) atoms. The molecule has 6 aromatic rings. The zero-order valence-electron chi connectivity index (χ0n) is 25.7. The summed E-state index contributed by atoms with van der Waals surface area (Å²) >= 11 is 0. The molecule has 4 aromatic carbocycles. The molecule has 0 atom stereocenters. The van der Waals surface area contributed by atoms with Crippen molar-refractivity contribution in [3.63, 3.8) is 0 Å². The molecule has 4 bridgehead atoms. The van der Waals surface area contributed by atoms with Crippen molar-refractivity contribution in [2.75, 3.05) is 0 Å². The van der Waals surface area contributed by atoms with E-state index in [4.69, 9.17) is 19.9 Å². The Labute approximate surface area is 269 Å². The first-order chi connectivity index (χ1) is 22.7. The summed E-state index contributed by atoms with van der Waals surface area (Å²) in [7, 11) is 0. The van der Waals surface area contributed by atoms with Gasteiger partial charge in [-0.1, -0.05) is 91.0 Å². The standard InChI is InChI=1S/C42H34N4/c1-3-8-28(9-4-1)39-44-40(29-10-5-2-6-11-29)46-41(45-39)32-13-7-12-30(23-32)31-14-15-37-36(24-31)35-16-17-43-25-38(35)42(37)33-19-26-18-27(21-33)22-34(42)20-26/h1-17,23-27,33-34H,18-22H2. The summed E-state index contributed by atoms with van der Waals surface area (Å²) in [5.74, 6) is 5.38. The van der Waals surface area contributed by atoms with Crippen molar-refractivity contribution in [1.29, 1.82) is 0 Å². The Kier molecular flexibility index (Phi) is 5.72. The number of hydrogen-bond donors (Lipinski definition) is 0. The average molecular weight is 595 g/mol. The van der Waals surface area contributed by atoms with Crippen molar-refractivity contribution in [2.45, 2.75) is 37.5 Å². The first-order valence-electron chi connectivity index (χ1n) is 16.8. The monoisotopic (exact) mass is 594 g/mol. The SMILES string of the molecule is c1ccc(-c2nc(-c3ccccc3)nc(-c3cccc(-c4ccc5c(c4)-c4ccncc4C54C5CC6CC(C5)CC4C6)c3)n2)cc1. The van der Waals surface area contributed by atoms with Gasteiger partial charge in [0.25, 0.3) is 0 Å². The number of fused-ring (bicyclic) bond motifs is 3. The maximum absolute atomic E-state index is 4.99. The van der Waals surface area contributed by atoms with Crippen LogP contribution in [0.3, 0.4) is 0 Å². The van der Waals surface area contributed by atoms with Gasteiger partial charge in [-0.3, -0.25) is 4.98 Å². The van der Waals surface area contributed by atoms with Crippen molar-refractivity contribution < 1.29 is 0 Å². The van der Waals surface area contributed by atoms with E-state index in [2.05, 4.69) is 79.0 Å². The van der Waals surface area contributed by atoms with Crippen molar-refractivity contribution >= 4 is 0 Å². The Morgan fingerprint density at radius 2 is 1.02 bits per heavy atom. The Morgan fingerprint density at radius 3 is 1.67 bits per heavy atom. The van der Waals surface area contributed by atoms with Crippen LogP contribution in [0.4, 0.5) is 0 Å². The summed E-state index contributed by atoms with van der Waals surface area (Å²) < 4.78 is 0. The number of nitrogens with zero attached hydrogens (tertiary/aromatic N) is 4. The highest BCUT2D eigenvalue weighted by molar-refractivity contribution is 5.85. The van der Waals surface area contributed by atoms with Crippen molar-refractivity contribution in [3.05, 3.63) is 133 Å². The lowest BCUT2D eigenvalue weighted by atomic mass is 9.43. The van der Waals surface area contributed by atoms with Crippen molar-refractivity contribution in [2.24, 2.45) is 23.7 Å². The molecule has 11 rings (SSSR count). The minimum Gasteiger partial charge on any atom is -0.264 e. The van der Waals surface area contributed by atoms with Crippen LogP contribution in [-0.4, -0.2) is 19.9 Å². The third-order valence-electron chi connectivity index (χ3n) is 11.6. The molecule has 0 amide bonds. The lowest BCUT2D eigenvalue weighted by Crippen LogP contribution is -2.55. The zero-order valence-corrected chi connectivity index (χ0v) is 25.7. The quantitative estimate of drug-likeness (QED) is 0.204. The summed E-state index contributed by atoms with van der Waals surface area (Å²) in [5.41, 5.74) is 11.3. The molecule has 4 heteroatoms. The molecule has 0 saturated heterocycles. The highest BCUT2D eigenvalue weighted by Gasteiger charge is 2.61. The number of pyridine rings is 1. The molecule has 2 aromatic heterocycles. The molecular formula is C42H34N4. The Bertz CT molecular complexity index is 2030. The highest BCUT2D eigenvalue weighted by Crippen LogP contribution is 2.69. The summed E-state index contributed by atoms with van der Waals surface area (Å²) in [6, 6.07) is 38.6. The zero-order chi connectivity index (χ0) is 30.2. The van der Waals surface area contributed by atoms with Gasteiger partial charge in [-0.15, -0.1) is 0 Å². The largest absolute Gasteiger partial charge is 0.264 e. The number of benzene rings is 4. The maximum atomic E-state index is 4.99. The van der Waals surface area contributed by atoms with Crippen LogP contribution in [0, 0.1) is 23.7 Å². The van der Waals surface area contributed by atoms with E-state index in [1.165, 1.54) is 59.9 Å². The van der Waals surface area contributed by atoms with E-state index >= 15 is 0 Å². The van der Waals surface area contributed by atoms with Gasteiger partial charge in [-0.25, -0.2) is 15.0 Å². The van der Waals surface area contributed by atoms with E-state index in [0.29, 0.717) is 17.5 Å². The van der Waals surface area contributed by atoms with E-state index < -0.39 is 0 Å². The smallest absolute Gasteiger partial charge is 0.164 e. The third kappa shape index (κ3) is 3.86. The average Bonchev–Trinajstić information content (AvgIpc) is 3.41. The molecule has 5 aliphatic carbocycles. The van der Waals surface area contributed by atoms with Crippen molar-refractivity contribution in [3.8, 4) is 56.4 Å². The van der Waals surface area contributed by atoms with Crippen LogP contribution < -0.4 is 0 Å². The summed E-state index contributed by atoms with van der Waals surface area (Å²) in [5, 5.41) is 0. The number of hydrogen-bond acceptors (Lipinski definition) is 4. The number of aromatic nitrogens is 4. The van der Waals surface area contributed by atoms with Crippen LogP contribution in [0.5, 0.6) is 0 Å². The van der Waals surface area contributed by atoms with E-state index in [0.717, 1.165) is 40.4 Å². The van der Waals surface area contributed by atoms with Gasteiger partial charge in [0.15, 0.2) is 17.5 Å². The van der Waals surface area contributed by atoms with Crippen LogP contribution in [-0.2, 0) is 5.41 Å². The summed E-state index contributed by atoms with van der Waals surface area (Å²) in [6.45, 7) is 0. The fourth-order valence-corrected chi connectivity index (χ4v) is 9.99. The lowest BCUT2D eigenvalue weighted by Gasteiger charge is -2.61. The van der Waals surface area contributed by atoms with Crippen LogP contribution in [0.15, 0.2) is 122 Å². The fraction of sp³-hybridized carbons (Fsp3) is 0.238. The van der Waals surface area contributed by atoms with Crippen molar-refractivity contribution in [1.82, 2.24) is 19.9 Å². The summed E-state index contributed by atoms with van der Waals surface area (Å²) in [4.78, 5) is 19.6. The van der Waals surface area contributed by atoms with Gasteiger partial charge in [0.05, 0.1) is 0 Å². The Balaban J connectivity index is 1.09. The molecule has 2 heterocycles. The molecule has 0 radical (unpaired) electrons. The van der Waals surface area contributed by atoms with Gasteiger partial charge in [0, 0.05) is 34.5 Å². The van der Waals surface area contributed by atoms with E-state index in [-0.39, 0.29) is 5.41 Å². The predicted octanol–water partition coefficient (Wildman–Crippen LogP) is 9.66. The fourth-order valence-electron chi connectivity index (χ4n) is 9.99. The molecule has 4 fully saturated rings. The molecule has 5 aliphatic rings. The first kappa shape index (κ1) is 26.3. The van der Waals surface area contributed by atoms with Crippen LogP contribution >= 0.6 is 0 Å². The van der Waals surface area contributed by atoms with Crippen LogP contribution in [0.2, 0.25) is 0 Å². The molecule has 4 nitrogen and oxygen atoms in total. The van der Waals surface area contributed by atoms with Gasteiger partial charge in [0.1, 0.15) is 0 Å². The molecule has 4 saturated carbocycles. The predicted molar refractivity (Wildman–Crippen MR) is 183 cm³/mol. The molecule has 222 valence electrons. The second kappa shape index (κ2) is 10.0. The summed E-state index contributed by atoms with van der Waals surface area (Å²) in [6.07, 6.45) is 11.2. The van der Waals surface area contributed by atoms with Gasteiger partial charge in [0.2, 0.25) is 0 Å². The van der Waals surface area contributed by atoms with E-state index in [1.54, 1.807) is 5.56 Å². The molecule has 1 spiro atoms. The van der Waals surface area contributed by atoms with Gasteiger partial charge in [-0.05, 0) is 107 Å². The molecule has 0 N–H and O–H groups in total. The topological polar surface area (TPSA) is 51.6 Å². The minimum absolute atomic E-state index is 0.138. The van der Waals surface area contributed by atoms with Crippen LogP contribution in [0.25, 0.3) is 56.4 Å². The second-order valence-electron chi connectivity index (χ2n) is 14.0.